The van der Waals surface area contributed by atoms with E-state index in [0.717, 1.165) is 6.07 Å². The SMILES string of the molecule is Cc1cc(C(F)(F)F)nc2[nH]c(Cc3c(Cl)[c]ncc3Cl)cc12. The molecule has 23 heavy (non-hydrogen) atoms. The lowest BCUT2D eigenvalue weighted by molar-refractivity contribution is -0.141. The highest BCUT2D eigenvalue weighted by Gasteiger charge is 2.33. The molecule has 1 N–H and O–H groups in total. The van der Waals surface area contributed by atoms with Crippen LogP contribution in [0.15, 0.2) is 18.3 Å². The summed E-state index contributed by atoms with van der Waals surface area (Å²) >= 11 is 12.1. The Hall–Kier alpha value is -1.79. The topological polar surface area (TPSA) is 41.6 Å². The van der Waals surface area contributed by atoms with E-state index in [-0.39, 0.29) is 10.7 Å². The summed E-state index contributed by atoms with van der Waals surface area (Å²) in [5, 5.41) is 1.27. The summed E-state index contributed by atoms with van der Waals surface area (Å²) in [6, 6.07) is 2.77. The molecule has 0 aliphatic carbocycles. The highest BCUT2D eigenvalue weighted by atomic mass is 35.5. The zero-order chi connectivity index (χ0) is 16.8. The number of aryl methyl sites for hydroxylation is 1. The standard InChI is InChI=1S/C15H9Cl2F3N3/c1-7-2-13(15(18,19)20)23-14-9(7)3-8(22-14)4-10-11(16)5-21-6-12(10)17/h2-3,5H,4H2,1H3,(H,22,23). The van der Waals surface area contributed by atoms with Crippen LogP contribution in [0.5, 0.6) is 0 Å². The monoisotopic (exact) mass is 358 g/mol. The van der Waals surface area contributed by atoms with Crippen molar-refractivity contribution in [2.45, 2.75) is 19.5 Å². The zero-order valence-electron chi connectivity index (χ0n) is 11.7. The molecule has 1 radical (unpaired) electrons. The van der Waals surface area contributed by atoms with Gasteiger partial charge in [0, 0.05) is 23.7 Å². The van der Waals surface area contributed by atoms with Gasteiger partial charge in [0.05, 0.1) is 10.0 Å². The summed E-state index contributed by atoms with van der Waals surface area (Å²) in [4.78, 5) is 10.3. The van der Waals surface area contributed by atoms with Crippen molar-refractivity contribution in [3.63, 3.8) is 0 Å². The van der Waals surface area contributed by atoms with Crippen LogP contribution in [0.2, 0.25) is 10.0 Å². The fraction of sp³-hybridized carbons (Fsp3) is 0.200. The molecule has 0 saturated carbocycles. The largest absolute Gasteiger partial charge is 0.433 e. The van der Waals surface area contributed by atoms with Crippen molar-refractivity contribution in [1.29, 1.82) is 0 Å². The van der Waals surface area contributed by atoms with Gasteiger partial charge in [0.15, 0.2) is 0 Å². The molecule has 0 aromatic carbocycles. The van der Waals surface area contributed by atoms with Crippen molar-refractivity contribution >= 4 is 34.2 Å². The zero-order valence-corrected chi connectivity index (χ0v) is 13.2. The van der Waals surface area contributed by atoms with Crippen LogP contribution in [0.25, 0.3) is 11.0 Å². The normalized spacial score (nSPS) is 12.1. The number of nitrogens with zero attached hydrogens (tertiary/aromatic N) is 2. The smallest absolute Gasteiger partial charge is 0.343 e. The number of pyridine rings is 2. The quantitative estimate of drug-likeness (QED) is 0.701. The summed E-state index contributed by atoms with van der Waals surface area (Å²) < 4.78 is 38.5. The van der Waals surface area contributed by atoms with Gasteiger partial charge in [-0.05, 0) is 30.2 Å². The second-order valence-corrected chi connectivity index (χ2v) is 5.85. The van der Waals surface area contributed by atoms with E-state index in [1.54, 1.807) is 13.0 Å². The van der Waals surface area contributed by atoms with Crippen molar-refractivity contribution < 1.29 is 13.2 Å². The number of alkyl halides is 3. The molecule has 0 spiro atoms. The molecule has 0 aliphatic rings. The molecule has 0 saturated heterocycles. The van der Waals surface area contributed by atoms with Crippen LogP contribution in [0, 0.1) is 13.1 Å². The Bertz CT molecular complexity index is 867. The number of nitrogens with one attached hydrogen (secondary N) is 1. The summed E-state index contributed by atoms with van der Waals surface area (Å²) in [7, 11) is 0. The Morgan fingerprint density at radius 3 is 2.65 bits per heavy atom. The van der Waals surface area contributed by atoms with Crippen molar-refractivity contribution in [2.75, 3.05) is 0 Å². The molecule has 3 aromatic heterocycles. The van der Waals surface area contributed by atoms with E-state index in [2.05, 4.69) is 21.1 Å². The molecule has 0 aliphatic heterocycles. The molecule has 3 aromatic rings. The first-order valence-corrected chi connectivity index (χ1v) is 7.28. The number of rotatable bonds is 2. The van der Waals surface area contributed by atoms with Gasteiger partial charge in [-0.1, -0.05) is 23.2 Å². The first-order valence-electron chi connectivity index (χ1n) is 6.52. The molecule has 0 amide bonds. The summed E-state index contributed by atoms with van der Waals surface area (Å²) in [5.41, 5.74) is 0.993. The Kier molecular flexibility index (Phi) is 3.98. The molecular weight excluding hydrogens is 350 g/mol. The number of fused-ring (bicyclic) bond motifs is 1. The summed E-state index contributed by atoms with van der Waals surface area (Å²) in [6.45, 7) is 1.61. The third-order valence-corrected chi connectivity index (χ3v) is 4.05. The second-order valence-electron chi connectivity index (χ2n) is 5.07. The van der Waals surface area contributed by atoms with E-state index in [4.69, 9.17) is 23.2 Å². The van der Waals surface area contributed by atoms with Gasteiger partial charge in [-0.3, -0.25) is 4.98 Å². The Morgan fingerprint density at radius 2 is 2.00 bits per heavy atom. The first kappa shape index (κ1) is 16.1. The highest BCUT2D eigenvalue weighted by Crippen LogP contribution is 2.32. The fourth-order valence-corrected chi connectivity index (χ4v) is 2.79. The van der Waals surface area contributed by atoms with E-state index in [9.17, 15) is 13.2 Å². The van der Waals surface area contributed by atoms with E-state index in [1.165, 1.54) is 6.20 Å². The molecule has 3 rings (SSSR count). The molecule has 3 heterocycles. The molecule has 119 valence electrons. The average molecular weight is 359 g/mol. The molecule has 0 fully saturated rings. The highest BCUT2D eigenvalue weighted by molar-refractivity contribution is 6.35. The van der Waals surface area contributed by atoms with Crippen molar-refractivity contribution in [3.05, 3.63) is 57.1 Å². The lowest BCUT2D eigenvalue weighted by atomic mass is 10.1. The number of hydrogen-bond donors (Lipinski definition) is 1. The van der Waals surface area contributed by atoms with Crippen LogP contribution in [-0.4, -0.2) is 15.0 Å². The van der Waals surface area contributed by atoms with Crippen LogP contribution >= 0.6 is 23.2 Å². The molecule has 0 unspecified atom stereocenters. The maximum atomic E-state index is 12.8. The van der Waals surface area contributed by atoms with Crippen molar-refractivity contribution in [3.8, 4) is 0 Å². The lowest BCUT2D eigenvalue weighted by Crippen LogP contribution is -2.08. The van der Waals surface area contributed by atoms with E-state index in [0.29, 0.717) is 33.7 Å². The van der Waals surface area contributed by atoms with E-state index in [1.807, 2.05) is 0 Å². The maximum absolute atomic E-state index is 12.8. The Balaban J connectivity index is 2.05. The summed E-state index contributed by atoms with van der Waals surface area (Å²) in [6.07, 6.45) is -0.175. The number of aromatic nitrogens is 3. The number of hydrogen-bond acceptors (Lipinski definition) is 2. The first-order chi connectivity index (χ1) is 10.8. The van der Waals surface area contributed by atoms with Crippen LogP contribution in [-0.2, 0) is 12.6 Å². The van der Waals surface area contributed by atoms with Crippen molar-refractivity contribution in [2.24, 2.45) is 0 Å². The number of aromatic amines is 1. The molecule has 8 heteroatoms. The second kappa shape index (κ2) is 5.69. The molecule has 0 atom stereocenters. The van der Waals surface area contributed by atoms with Crippen LogP contribution in [0.4, 0.5) is 13.2 Å². The molecule has 0 bridgehead atoms. The van der Waals surface area contributed by atoms with Gasteiger partial charge < -0.3 is 4.98 Å². The Morgan fingerprint density at radius 1 is 1.26 bits per heavy atom. The van der Waals surface area contributed by atoms with E-state index < -0.39 is 11.9 Å². The summed E-state index contributed by atoms with van der Waals surface area (Å²) in [5.74, 6) is 0. The minimum atomic E-state index is -4.49. The maximum Gasteiger partial charge on any atom is 0.433 e. The number of H-pyrrole nitrogens is 1. The predicted molar refractivity (Wildman–Crippen MR) is 81.7 cm³/mol. The van der Waals surface area contributed by atoms with Gasteiger partial charge in [-0.2, -0.15) is 13.2 Å². The number of halogens is 5. The molecule has 3 nitrogen and oxygen atoms in total. The minimum Gasteiger partial charge on any atom is -0.343 e. The van der Waals surface area contributed by atoms with Gasteiger partial charge in [-0.25, -0.2) is 4.98 Å². The van der Waals surface area contributed by atoms with Crippen LogP contribution in [0.1, 0.15) is 22.5 Å². The van der Waals surface area contributed by atoms with Gasteiger partial charge in [0.2, 0.25) is 0 Å². The third-order valence-electron chi connectivity index (χ3n) is 3.41. The fourth-order valence-electron chi connectivity index (χ4n) is 2.31. The van der Waals surface area contributed by atoms with Crippen molar-refractivity contribution in [1.82, 2.24) is 15.0 Å². The Labute approximate surface area is 139 Å². The molecular formula is C15H9Cl2F3N3. The lowest BCUT2D eigenvalue weighted by Gasteiger charge is -2.06. The van der Waals surface area contributed by atoms with E-state index >= 15 is 0 Å². The predicted octanol–water partition coefficient (Wildman–Crippen LogP) is 4.98. The van der Waals surface area contributed by atoms with Crippen LogP contribution in [0.3, 0.4) is 0 Å². The van der Waals surface area contributed by atoms with Gasteiger partial charge in [-0.15, -0.1) is 0 Å². The average Bonchev–Trinajstić information content (AvgIpc) is 2.85. The minimum absolute atomic E-state index is 0.178. The van der Waals surface area contributed by atoms with Gasteiger partial charge in [0.1, 0.15) is 17.5 Å². The van der Waals surface area contributed by atoms with Gasteiger partial charge in [0.25, 0.3) is 0 Å². The third kappa shape index (κ3) is 3.14. The van der Waals surface area contributed by atoms with Gasteiger partial charge >= 0.3 is 6.18 Å². The van der Waals surface area contributed by atoms with Crippen LogP contribution < -0.4 is 0 Å².